The Morgan fingerprint density at radius 2 is 2.12 bits per heavy atom. The number of thiophene rings is 1. The first-order valence-electron chi connectivity index (χ1n) is 8.58. The van der Waals surface area contributed by atoms with Crippen LogP contribution in [0.3, 0.4) is 0 Å². The lowest BCUT2D eigenvalue weighted by Crippen LogP contribution is -2.44. The molecule has 4 nitrogen and oxygen atoms in total. The summed E-state index contributed by atoms with van der Waals surface area (Å²) in [6.45, 7) is 4.85. The van der Waals surface area contributed by atoms with E-state index in [0.29, 0.717) is 12.6 Å². The van der Waals surface area contributed by atoms with Gasteiger partial charge in [0.2, 0.25) is 0 Å². The summed E-state index contributed by atoms with van der Waals surface area (Å²) in [5.41, 5.74) is 1.33. The van der Waals surface area contributed by atoms with Crippen LogP contribution >= 0.6 is 11.3 Å². The van der Waals surface area contributed by atoms with E-state index in [-0.39, 0.29) is 12.1 Å². The predicted molar refractivity (Wildman–Crippen MR) is 99.4 cm³/mol. The smallest absolute Gasteiger partial charge is 0.315 e. The van der Waals surface area contributed by atoms with Crippen LogP contribution in [0.1, 0.15) is 29.8 Å². The first-order valence-corrected chi connectivity index (χ1v) is 9.46. The molecule has 1 aliphatic heterocycles. The average molecular weight is 343 g/mol. The Morgan fingerprint density at radius 3 is 2.88 bits per heavy atom. The van der Waals surface area contributed by atoms with E-state index in [9.17, 15) is 4.79 Å². The number of rotatable bonds is 6. The van der Waals surface area contributed by atoms with Gasteiger partial charge in [-0.2, -0.15) is 0 Å². The Bertz CT molecular complexity index is 629. The highest BCUT2D eigenvalue weighted by Crippen LogP contribution is 2.24. The largest absolute Gasteiger partial charge is 0.338 e. The van der Waals surface area contributed by atoms with E-state index in [0.717, 1.165) is 25.9 Å². The third kappa shape index (κ3) is 4.58. The molecular formula is C19H25N3OS. The molecule has 2 amide bonds. The molecule has 0 aliphatic carbocycles. The molecule has 0 saturated carbocycles. The third-order valence-corrected chi connectivity index (χ3v) is 5.56. The molecule has 0 bridgehead atoms. The minimum absolute atomic E-state index is 0.0502. The van der Waals surface area contributed by atoms with Gasteiger partial charge in [-0.15, -0.1) is 11.3 Å². The Labute approximate surface area is 147 Å². The normalized spacial score (nSPS) is 19.1. The molecule has 0 spiro atoms. The van der Waals surface area contributed by atoms with Crippen molar-refractivity contribution in [1.82, 2.24) is 15.5 Å². The van der Waals surface area contributed by atoms with Gasteiger partial charge in [0, 0.05) is 36.6 Å². The fourth-order valence-corrected chi connectivity index (χ4v) is 3.90. The van der Waals surface area contributed by atoms with Crippen LogP contribution in [0.15, 0.2) is 47.8 Å². The molecule has 1 aromatic heterocycles. The van der Waals surface area contributed by atoms with Gasteiger partial charge in [0.15, 0.2) is 0 Å². The van der Waals surface area contributed by atoms with Crippen molar-refractivity contribution in [2.45, 2.75) is 31.8 Å². The Balaban J connectivity index is 1.40. The van der Waals surface area contributed by atoms with Crippen molar-refractivity contribution in [3.63, 3.8) is 0 Å². The lowest BCUT2D eigenvalue weighted by Gasteiger charge is -2.24. The maximum atomic E-state index is 12.0. The van der Waals surface area contributed by atoms with Crippen LogP contribution in [-0.4, -0.2) is 36.6 Å². The minimum Gasteiger partial charge on any atom is -0.338 e. The molecule has 2 aromatic rings. The molecule has 2 atom stereocenters. The first-order chi connectivity index (χ1) is 11.7. The van der Waals surface area contributed by atoms with E-state index in [1.807, 2.05) is 12.1 Å². The summed E-state index contributed by atoms with van der Waals surface area (Å²) >= 11 is 1.73. The summed E-state index contributed by atoms with van der Waals surface area (Å²) in [5, 5.41) is 8.13. The third-order valence-electron chi connectivity index (χ3n) is 4.62. The number of urea groups is 1. The summed E-state index contributed by atoms with van der Waals surface area (Å²) in [6.07, 6.45) is 1.91. The predicted octanol–water partition coefficient (Wildman–Crippen LogP) is 3.43. The standard InChI is InChI=1S/C19H25N3OS/c1-15(16-6-3-2-4-7-16)22-12-10-17(14-22)21-19(23)20-11-9-18-8-5-13-24-18/h2-8,13,15,17H,9-12,14H2,1H3,(H2,20,21,23). The lowest BCUT2D eigenvalue weighted by molar-refractivity contribution is 0.232. The highest BCUT2D eigenvalue weighted by Gasteiger charge is 2.27. The van der Waals surface area contributed by atoms with Crippen LogP contribution in [0.4, 0.5) is 4.79 Å². The van der Waals surface area contributed by atoms with Gasteiger partial charge in [0.05, 0.1) is 0 Å². The molecule has 128 valence electrons. The number of carbonyl (C=O) groups excluding carboxylic acids is 1. The second kappa shape index (κ2) is 8.31. The summed E-state index contributed by atoms with van der Waals surface area (Å²) in [7, 11) is 0. The number of hydrogen-bond donors (Lipinski definition) is 2. The maximum Gasteiger partial charge on any atom is 0.315 e. The Hall–Kier alpha value is -1.85. The van der Waals surface area contributed by atoms with Crippen molar-refractivity contribution >= 4 is 17.4 Å². The molecule has 5 heteroatoms. The number of benzene rings is 1. The van der Waals surface area contributed by atoms with Gasteiger partial charge in [0.25, 0.3) is 0 Å². The highest BCUT2D eigenvalue weighted by atomic mass is 32.1. The van der Waals surface area contributed by atoms with Crippen molar-refractivity contribution in [3.05, 3.63) is 58.3 Å². The van der Waals surface area contributed by atoms with E-state index in [4.69, 9.17) is 0 Å². The van der Waals surface area contributed by atoms with Gasteiger partial charge in [-0.05, 0) is 36.8 Å². The molecule has 2 unspecified atom stereocenters. The zero-order valence-electron chi connectivity index (χ0n) is 14.1. The van der Waals surface area contributed by atoms with Crippen molar-refractivity contribution in [1.29, 1.82) is 0 Å². The zero-order chi connectivity index (χ0) is 16.8. The second-order valence-electron chi connectivity index (χ2n) is 6.30. The monoisotopic (exact) mass is 343 g/mol. The van der Waals surface area contributed by atoms with Gasteiger partial charge >= 0.3 is 6.03 Å². The van der Waals surface area contributed by atoms with E-state index in [1.54, 1.807) is 11.3 Å². The van der Waals surface area contributed by atoms with Crippen LogP contribution in [0, 0.1) is 0 Å². The van der Waals surface area contributed by atoms with Crippen LogP contribution in [0.25, 0.3) is 0 Å². The molecule has 24 heavy (non-hydrogen) atoms. The number of nitrogens with zero attached hydrogens (tertiary/aromatic N) is 1. The van der Waals surface area contributed by atoms with Crippen LogP contribution in [-0.2, 0) is 6.42 Å². The van der Waals surface area contributed by atoms with Gasteiger partial charge in [-0.1, -0.05) is 36.4 Å². The SMILES string of the molecule is CC(c1ccccc1)N1CCC(NC(=O)NCCc2cccs2)C1. The van der Waals surface area contributed by atoms with Crippen LogP contribution < -0.4 is 10.6 Å². The molecule has 0 radical (unpaired) electrons. The number of hydrogen-bond acceptors (Lipinski definition) is 3. The molecule has 1 saturated heterocycles. The number of nitrogens with one attached hydrogen (secondary N) is 2. The molecule has 3 rings (SSSR count). The fraction of sp³-hybridized carbons (Fsp3) is 0.421. The first kappa shape index (κ1) is 17.0. The van der Waals surface area contributed by atoms with E-state index in [1.165, 1.54) is 10.4 Å². The van der Waals surface area contributed by atoms with Gasteiger partial charge < -0.3 is 10.6 Å². The van der Waals surface area contributed by atoms with E-state index in [2.05, 4.69) is 58.2 Å². The Morgan fingerprint density at radius 1 is 1.29 bits per heavy atom. The van der Waals surface area contributed by atoms with Gasteiger partial charge in [-0.25, -0.2) is 4.79 Å². The van der Waals surface area contributed by atoms with E-state index < -0.39 is 0 Å². The number of likely N-dealkylation sites (tertiary alicyclic amines) is 1. The average Bonchev–Trinajstić information content (AvgIpc) is 3.27. The molecule has 2 N–H and O–H groups in total. The summed E-state index contributed by atoms with van der Waals surface area (Å²) in [6, 6.07) is 15.3. The maximum absolute atomic E-state index is 12.0. The molecular weight excluding hydrogens is 318 g/mol. The van der Waals surface area contributed by atoms with Crippen molar-refractivity contribution in [3.8, 4) is 0 Å². The molecule has 1 fully saturated rings. The van der Waals surface area contributed by atoms with Gasteiger partial charge in [0.1, 0.15) is 0 Å². The van der Waals surface area contributed by atoms with E-state index >= 15 is 0 Å². The summed E-state index contributed by atoms with van der Waals surface area (Å²) in [4.78, 5) is 15.8. The van der Waals surface area contributed by atoms with Crippen LogP contribution in [0.5, 0.6) is 0 Å². The molecule has 1 aromatic carbocycles. The second-order valence-corrected chi connectivity index (χ2v) is 7.33. The molecule has 1 aliphatic rings. The Kier molecular flexibility index (Phi) is 5.88. The van der Waals surface area contributed by atoms with Crippen LogP contribution in [0.2, 0.25) is 0 Å². The highest BCUT2D eigenvalue weighted by molar-refractivity contribution is 7.09. The summed E-state index contributed by atoms with van der Waals surface area (Å²) in [5.74, 6) is 0. The number of amides is 2. The van der Waals surface area contributed by atoms with Crippen molar-refractivity contribution in [2.75, 3.05) is 19.6 Å². The topological polar surface area (TPSA) is 44.4 Å². The lowest BCUT2D eigenvalue weighted by atomic mass is 10.1. The zero-order valence-corrected chi connectivity index (χ0v) is 14.9. The molecule has 2 heterocycles. The number of carbonyl (C=O) groups is 1. The van der Waals surface area contributed by atoms with Gasteiger partial charge in [-0.3, -0.25) is 4.90 Å². The summed E-state index contributed by atoms with van der Waals surface area (Å²) < 4.78 is 0. The van der Waals surface area contributed by atoms with Crippen molar-refractivity contribution < 1.29 is 4.79 Å². The minimum atomic E-state index is -0.0502. The quantitative estimate of drug-likeness (QED) is 0.844. The van der Waals surface area contributed by atoms with Crippen molar-refractivity contribution in [2.24, 2.45) is 0 Å². The fourth-order valence-electron chi connectivity index (χ4n) is 3.19.